The van der Waals surface area contributed by atoms with E-state index < -0.39 is 5.97 Å². The first-order valence-electron chi connectivity index (χ1n) is 5.35. The number of nitrogens with one attached hydrogen (secondary N) is 1. The van der Waals surface area contributed by atoms with Gasteiger partial charge in [-0.15, -0.1) is 0 Å². The number of rotatable bonds is 5. The molecule has 86 valence electrons. The third-order valence-corrected chi connectivity index (χ3v) is 2.83. The molecule has 1 amide bonds. The van der Waals surface area contributed by atoms with E-state index in [-0.39, 0.29) is 17.7 Å². The van der Waals surface area contributed by atoms with Crippen molar-refractivity contribution in [1.29, 1.82) is 0 Å². The average molecular weight is 214 g/mol. The lowest BCUT2D eigenvalue weighted by atomic mass is 10.0. The first kappa shape index (κ1) is 12.0. The summed E-state index contributed by atoms with van der Waals surface area (Å²) in [4.78, 5) is 22.2. The minimum Gasteiger partial charge on any atom is -0.481 e. The van der Waals surface area contributed by atoms with Gasteiger partial charge >= 0.3 is 5.97 Å². The van der Waals surface area contributed by atoms with Crippen LogP contribution in [0.15, 0.2) is 0 Å². The molecule has 0 heterocycles. The molecule has 0 saturated heterocycles. The smallest absolute Gasteiger partial charge is 0.306 e. The van der Waals surface area contributed by atoms with Gasteiger partial charge in [-0.1, -0.05) is 0 Å². The van der Waals surface area contributed by atoms with Gasteiger partial charge < -0.3 is 16.2 Å². The van der Waals surface area contributed by atoms with Crippen molar-refractivity contribution in [2.45, 2.75) is 25.7 Å². The van der Waals surface area contributed by atoms with Gasteiger partial charge in [0.05, 0.1) is 5.92 Å². The molecule has 0 spiro atoms. The van der Waals surface area contributed by atoms with Gasteiger partial charge in [-0.2, -0.15) is 0 Å². The number of aliphatic carboxylic acids is 1. The number of carbonyl (C=O) groups excluding carboxylic acids is 1. The molecule has 5 nitrogen and oxygen atoms in total. The third kappa shape index (κ3) is 3.51. The molecule has 1 rings (SSSR count). The Kier molecular flexibility index (Phi) is 4.55. The van der Waals surface area contributed by atoms with Crippen molar-refractivity contribution in [3.8, 4) is 0 Å². The van der Waals surface area contributed by atoms with Crippen LogP contribution in [0, 0.1) is 11.8 Å². The molecule has 15 heavy (non-hydrogen) atoms. The predicted molar refractivity (Wildman–Crippen MR) is 55.1 cm³/mol. The molecule has 0 bridgehead atoms. The molecular weight excluding hydrogens is 196 g/mol. The van der Waals surface area contributed by atoms with E-state index in [0.717, 1.165) is 6.42 Å². The summed E-state index contributed by atoms with van der Waals surface area (Å²) in [5.74, 6) is -1.27. The zero-order chi connectivity index (χ0) is 11.3. The molecular formula is C10H18N2O3. The highest BCUT2D eigenvalue weighted by molar-refractivity contribution is 5.80. The highest BCUT2D eigenvalue weighted by Gasteiger charge is 2.33. The lowest BCUT2D eigenvalue weighted by molar-refractivity contribution is -0.141. The Hall–Kier alpha value is -1.10. The Morgan fingerprint density at radius 3 is 2.53 bits per heavy atom. The summed E-state index contributed by atoms with van der Waals surface area (Å²) in [5, 5.41) is 11.6. The van der Waals surface area contributed by atoms with Crippen LogP contribution in [0.1, 0.15) is 25.7 Å². The van der Waals surface area contributed by atoms with Crippen LogP contribution in [0.25, 0.3) is 0 Å². The number of carboxylic acid groups (broad SMARTS) is 1. The van der Waals surface area contributed by atoms with E-state index in [0.29, 0.717) is 32.4 Å². The SMILES string of the molecule is NCCCNC(=O)C1CCC(C(=O)O)C1. The minimum absolute atomic E-state index is 0.0211. The summed E-state index contributed by atoms with van der Waals surface area (Å²) in [5.41, 5.74) is 5.30. The van der Waals surface area contributed by atoms with Gasteiger partial charge in [-0.3, -0.25) is 9.59 Å². The summed E-state index contributed by atoms with van der Waals surface area (Å²) in [6.45, 7) is 1.15. The van der Waals surface area contributed by atoms with Gasteiger partial charge in [0.2, 0.25) is 5.91 Å². The fourth-order valence-electron chi connectivity index (χ4n) is 1.90. The number of nitrogens with two attached hydrogens (primary N) is 1. The van der Waals surface area contributed by atoms with E-state index in [1.807, 2.05) is 0 Å². The summed E-state index contributed by atoms with van der Waals surface area (Å²) >= 11 is 0. The van der Waals surface area contributed by atoms with Gasteiger partial charge in [-0.25, -0.2) is 0 Å². The molecule has 1 aliphatic carbocycles. The Morgan fingerprint density at radius 1 is 1.33 bits per heavy atom. The van der Waals surface area contributed by atoms with Gasteiger partial charge in [0.15, 0.2) is 0 Å². The van der Waals surface area contributed by atoms with Crippen LogP contribution in [0.5, 0.6) is 0 Å². The van der Waals surface area contributed by atoms with Crippen molar-refractivity contribution >= 4 is 11.9 Å². The lowest BCUT2D eigenvalue weighted by Gasteiger charge is -2.09. The lowest BCUT2D eigenvalue weighted by Crippen LogP contribution is -2.31. The van der Waals surface area contributed by atoms with Crippen LogP contribution in [-0.4, -0.2) is 30.1 Å². The van der Waals surface area contributed by atoms with Crippen LogP contribution in [-0.2, 0) is 9.59 Å². The van der Waals surface area contributed by atoms with Crippen LogP contribution in [0.2, 0.25) is 0 Å². The maximum absolute atomic E-state index is 11.5. The second-order valence-electron chi connectivity index (χ2n) is 3.98. The maximum Gasteiger partial charge on any atom is 0.306 e. The molecule has 4 N–H and O–H groups in total. The second kappa shape index (κ2) is 5.70. The topological polar surface area (TPSA) is 92.4 Å². The third-order valence-electron chi connectivity index (χ3n) is 2.83. The zero-order valence-corrected chi connectivity index (χ0v) is 8.74. The number of amides is 1. The van der Waals surface area contributed by atoms with Gasteiger partial charge in [0, 0.05) is 12.5 Å². The van der Waals surface area contributed by atoms with E-state index in [1.54, 1.807) is 0 Å². The van der Waals surface area contributed by atoms with Crippen molar-refractivity contribution in [3.05, 3.63) is 0 Å². The molecule has 0 aromatic rings. The Balaban J connectivity index is 2.27. The normalized spacial score (nSPS) is 25.1. The predicted octanol–water partition coefficient (Wildman–Crippen LogP) is -0.0477. The molecule has 1 aliphatic rings. The van der Waals surface area contributed by atoms with Crippen molar-refractivity contribution < 1.29 is 14.7 Å². The molecule has 0 aliphatic heterocycles. The van der Waals surface area contributed by atoms with Crippen LogP contribution in [0.3, 0.4) is 0 Å². The van der Waals surface area contributed by atoms with Gasteiger partial charge in [0.25, 0.3) is 0 Å². The first-order valence-corrected chi connectivity index (χ1v) is 5.35. The molecule has 2 atom stereocenters. The number of hydrogen-bond donors (Lipinski definition) is 3. The number of carboxylic acids is 1. The summed E-state index contributed by atoms with van der Waals surface area (Å²) in [7, 11) is 0. The van der Waals surface area contributed by atoms with E-state index in [9.17, 15) is 9.59 Å². The second-order valence-corrected chi connectivity index (χ2v) is 3.98. The monoisotopic (exact) mass is 214 g/mol. The molecule has 0 aromatic heterocycles. The van der Waals surface area contributed by atoms with Crippen LogP contribution < -0.4 is 11.1 Å². The van der Waals surface area contributed by atoms with Gasteiger partial charge in [-0.05, 0) is 32.2 Å². The highest BCUT2D eigenvalue weighted by atomic mass is 16.4. The standard InChI is InChI=1S/C10H18N2O3/c11-4-1-5-12-9(13)7-2-3-8(6-7)10(14)15/h7-8H,1-6,11H2,(H,12,13)(H,14,15). The fraction of sp³-hybridized carbons (Fsp3) is 0.800. The molecule has 0 aromatic carbocycles. The van der Waals surface area contributed by atoms with Crippen LogP contribution >= 0.6 is 0 Å². The number of hydrogen-bond acceptors (Lipinski definition) is 3. The molecule has 5 heteroatoms. The Labute approximate surface area is 89.0 Å². The first-order chi connectivity index (χ1) is 7.15. The minimum atomic E-state index is -0.785. The fourth-order valence-corrected chi connectivity index (χ4v) is 1.90. The molecule has 1 saturated carbocycles. The molecule has 0 radical (unpaired) electrons. The van der Waals surface area contributed by atoms with E-state index in [2.05, 4.69) is 5.32 Å². The van der Waals surface area contributed by atoms with E-state index in [4.69, 9.17) is 10.8 Å². The van der Waals surface area contributed by atoms with E-state index >= 15 is 0 Å². The number of carbonyl (C=O) groups is 2. The van der Waals surface area contributed by atoms with Crippen molar-refractivity contribution in [2.75, 3.05) is 13.1 Å². The maximum atomic E-state index is 11.5. The summed E-state index contributed by atoms with van der Waals surface area (Å²) < 4.78 is 0. The molecule has 2 unspecified atom stereocenters. The van der Waals surface area contributed by atoms with Crippen molar-refractivity contribution in [2.24, 2.45) is 17.6 Å². The van der Waals surface area contributed by atoms with E-state index in [1.165, 1.54) is 0 Å². The van der Waals surface area contributed by atoms with Crippen molar-refractivity contribution in [3.63, 3.8) is 0 Å². The largest absolute Gasteiger partial charge is 0.481 e. The highest BCUT2D eigenvalue weighted by Crippen LogP contribution is 2.30. The summed E-state index contributed by atoms with van der Waals surface area (Å²) in [6.07, 6.45) is 2.54. The Morgan fingerprint density at radius 2 is 2.00 bits per heavy atom. The quantitative estimate of drug-likeness (QED) is 0.559. The molecule has 1 fully saturated rings. The average Bonchev–Trinajstić information content (AvgIpc) is 2.66. The van der Waals surface area contributed by atoms with Crippen molar-refractivity contribution in [1.82, 2.24) is 5.32 Å². The van der Waals surface area contributed by atoms with Crippen LogP contribution in [0.4, 0.5) is 0 Å². The Bertz CT molecular complexity index is 243. The zero-order valence-electron chi connectivity index (χ0n) is 8.74. The van der Waals surface area contributed by atoms with Gasteiger partial charge in [0.1, 0.15) is 0 Å². The summed E-state index contributed by atoms with van der Waals surface area (Å²) in [6, 6.07) is 0.